The Morgan fingerprint density at radius 1 is 0.875 bits per heavy atom. The van der Waals surface area contributed by atoms with Gasteiger partial charge < -0.3 is 9.80 Å². The highest BCUT2D eigenvalue weighted by Gasteiger charge is 2.38. The highest BCUT2D eigenvalue weighted by molar-refractivity contribution is 6.36. The quantitative estimate of drug-likeness (QED) is 0.557. The number of para-hydroxylation sites is 1. The van der Waals surface area contributed by atoms with Crippen molar-refractivity contribution in [2.24, 2.45) is 0 Å². The summed E-state index contributed by atoms with van der Waals surface area (Å²) in [4.78, 5) is 41.4. The molecule has 1 heterocycles. The summed E-state index contributed by atoms with van der Waals surface area (Å²) in [5.41, 5.74) is 3.86. The topological polar surface area (TPSA) is 57.7 Å². The number of anilines is 1. The van der Waals surface area contributed by atoms with Crippen molar-refractivity contribution in [2.45, 2.75) is 25.8 Å². The number of carbonyl (C=O) groups is 3. The third-order valence-corrected chi connectivity index (χ3v) is 5.86. The van der Waals surface area contributed by atoms with Crippen LogP contribution in [0.5, 0.6) is 0 Å². The van der Waals surface area contributed by atoms with Crippen LogP contribution in [-0.4, -0.2) is 41.6 Å². The van der Waals surface area contributed by atoms with Crippen LogP contribution in [0, 0.1) is 0 Å². The summed E-state index contributed by atoms with van der Waals surface area (Å²) >= 11 is 0. The maximum atomic E-state index is 13.2. The molecule has 0 unspecified atom stereocenters. The summed E-state index contributed by atoms with van der Waals surface area (Å²) < 4.78 is 0. The smallest absolute Gasteiger partial charge is 0.290 e. The summed E-state index contributed by atoms with van der Waals surface area (Å²) in [7, 11) is 0. The molecule has 4 rings (SSSR count). The van der Waals surface area contributed by atoms with Gasteiger partial charge in [-0.25, -0.2) is 0 Å². The lowest BCUT2D eigenvalue weighted by Gasteiger charge is -2.41. The van der Waals surface area contributed by atoms with Crippen LogP contribution in [0.3, 0.4) is 0 Å². The van der Waals surface area contributed by atoms with Crippen LogP contribution < -0.4 is 4.90 Å². The van der Waals surface area contributed by atoms with Crippen LogP contribution in [-0.2, 0) is 20.8 Å². The highest BCUT2D eigenvalue weighted by Crippen LogP contribution is 2.33. The predicted octanol–water partition coefficient (Wildman–Crippen LogP) is 4.12. The lowest BCUT2D eigenvalue weighted by atomic mass is 9.98. The van der Waals surface area contributed by atoms with E-state index in [1.807, 2.05) is 84.9 Å². The SMILES string of the molecule is CCC(=O)C(=O)N1CC(=O)N(c2ccccc2-c2ccccc2)C[C@H]1Cc1ccccc1. The van der Waals surface area contributed by atoms with Crippen molar-refractivity contribution in [3.63, 3.8) is 0 Å². The fraction of sp³-hybridized carbons (Fsp3) is 0.222. The van der Waals surface area contributed by atoms with Gasteiger partial charge in [0.1, 0.15) is 6.54 Å². The third kappa shape index (κ3) is 4.47. The molecule has 0 aliphatic carbocycles. The number of hydrogen-bond acceptors (Lipinski definition) is 3. The summed E-state index contributed by atoms with van der Waals surface area (Å²) in [6.45, 7) is 1.89. The van der Waals surface area contributed by atoms with E-state index in [1.165, 1.54) is 4.90 Å². The number of nitrogens with zero attached hydrogens (tertiary/aromatic N) is 2. The molecule has 3 aromatic rings. The maximum Gasteiger partial charge on any atom is 0.290 e. The van der Waals surface area contributed by atoms with Crippen LogP contribution in [0.1, 0.15) is 18.9 Å². The van der Waals surface area contributed by atoms with E-state index in [0.717, 1.165) is 22.4 Å². The molecule has 0 saturated carbocycles. The molecule has 5 heteroatoms. The third-order valence-electron chi connectivity index (χ3n) is 5.86. The summed E-state index contributed by atoms with van der Waals surface area (Å²) in [5.74, 6) is -1.22. The fourth-order valence-corrected chi connectivity index (χ4v) is 4.18. The molecule has 2 amide bonds. The standard InChI is InChI=1S/C27H26N2O3/c1-2-25(30)27(32)28-19-26(31)29(18-22(28)17-20-11-5-3-6-12-20)24-16-10-9-15-23(24)21-13-7-4-8-14-21/h3-16,22H,2,17-19H2,1H3/t22-/m1/s1. The van der Waals surface area contributed by atoms with Crippen molar-refractivity contribution >= 4 is 23.3 Å². The van der Waals surface area contributed by atoms with Gasteiger partial charge in [-0.15, -0.1) is 0 Å². The van der Waals surface area contributed by atoms with Crippen molar-refractivity contribution in [3.05, 3.63) is 90.5 Å². The van der Waals surface area contributed by atoms with Crippen molar-refractivity contribution < 1.29 is 14.4 Å². The molecular formula is C27H26N2O3. The summed E-state index contributed by atoms with van der Waals surface area (Å²) in [6, 6.07) is 27.3. The minimum absolute atomic E-state index is 0.106. The van der Waals surface area contributed by atoms with Crippen LogP contribution in [0.15, 0.2) is 84.9 Å². The van der Waals surface area contributed by atoms with Gasteiger partial charge in [0.25, 0.3) is 5.91 Å². The average molecular weight is 427 g/mol. The van der Waals surface area contributed by atoms with Gasteiger partial charge in [0.15, 0.2) is 0 Å². The molecule has 0 radical (unpaired) electrons. The van der Waals surface area contributed by atoms with Gasteiger partial charge in [-0.2, -0.15) is 0 Å². The monoisotopic (exact) mass is 426 g/mol. The fourth-order valence-electron chi connectivity index (χ4n) is 4.18. The number of piperazine rings is 1. The largest absolute Gasteiger partial charge is 0.322 e. The minimum atomic E-state index is -0.572. The van der Waals surface area contributed by atoms with Gasteiger partial charge in [-0.3, -0.25) is 14.4 Å². The first-order valence-electron chi connectivity index (χ1n) is 10.9. The van der Waals surface area contributed by atoms with Crippen molar-refractivity contribution in [3.8, 4) is 11.1 Å². The number of Topliss-reactive ketones (excluding diaryl/α,β-unsaturated/α-hetero) is 1. The van der Waals surface area contributed by atoms with Crippen LogP contribution in [0.2, 0.25) is 0 Å². The van der Waals surface area contributed by atoms with Gasteiger partial charge in [0.05, 0.1) is 11.7 Å². The van der Waals surface area contributed by atoms with E-state index in [0.29, 0.717) is 13.0 Å². The van der Waals surface area contributed by atoms with E-state index in [2.05, 4.69) is 0 Å². The molecule has 0 spiro atoms. The second-order valence-corrected chi connectivity index (χ2v) is 7.94. The molecule has 32 heavy (non-hydrogen) atoms. The van der Waals surface area contributed by atoms with E-state index in [-0.39, 0.29) is 24.9 Å². The molecule has 1 fully saturated rings. The normalized spacial score (nSPS) is 16.2. The van der Waals surface area contributed by atoms with Gasteiger partial charge >= 0.3 is 0 Å². The lowest BCUT2D eigenvalue weighted by molar-refractivity contribution is -0.148. The Hall–Kier alpha value is -3.73. The molecule has 3 aromatic carbocycles. The molecule has 1 aliphatic heterocycles. The average Bonchev–Trinajstić information content (AvgIpc) is 2.85. The van der Waals surface area contributed by atoms with E-state index < -0.39 is 11.7 Å². The van der Waals surface area contributed by atoms with Crippen LogP contribution in [0.4, 0.5) is 5.69 Å². The number of ketones is 1. The minimum Gasteiger partial charge on any atom is -0.322 e. The van der Waals surface area contributed by atoms with E-state index >= 15 is 0 Å². The zero-order valence-electron chi connectivity index (χ0n) is 18.1. The molecule has 5 nitrogen and oxygen atoms in total. The molecule has 1 saturated heterocycles. The van der Waals surface area contributed by atoms with Crippen LogP contribution in [0.25, 0.3) is 11.1 Å². The Balaban J connectivity index is 1.69. The Bertz CT molecular complexity index is 1110. The first-order chi connectivity index (χ1) is 15.6. The van der Waals surface area contributed by atoms with E-state index in [4.69, 9.17) is 0 Å². The molecule has 162 valence electrons. The zero-order chi connectivity index (χ0) is 22.5. The maximum absolute atomic E-state index is 13.2. The molecular weight excluding hydrogens is 400 g/mol. The molecule has 0 N–H and O–H groups in total. The number of hydrogen-bond donors (Lipinski definition) is 0. The van der Waals surface area contributed by atoms with Gasteiger partial charge in [0, 0.05) is 18.5 Å². The Labute approximate surface area is 188 Å². The second kappa shape index (κ2) is 9.60. The molecule has 0 aromatic heterocycles. The number of rotatable bonds is 6. The second-order valence-electron chi connectivity index (χ2n) is 7.94. The predicted molar refractivity (Wildman–Crippen MR) is 125 cm³/mol. The van der Waals surface area contributed by atoms with Gasteiger partial charge in [-0.1, -0.05) is 85.8 Å². The first-order valence-corrected chi connectivity index (χ1v) is 10.9. The zero-order valence-corrected chi connectivity index (χ0v) is 18.1. The Kier molecular flexibility index (Phi) is 6.45. The van der Waals surface area contributed by atoms with Crippen molar-refractivity contribution in [1.82, 2.24) is 4.90 Å². The van der Waals surface area contributed by atoms with E-state index in [1.54, 1.807) is 11.8 Å². The molecule has 1 aliphatic rings. The van der Waals surface area contributed by atoms with Crippen molar-refractivity contribution in [2.75, 3.05) is 18.0 Å². The first kappa shape index (κ1) is 21.5. The summed E-state index contributed by atoms with van der Waals surface area (Å²) in [5, 5.41) is 0. The summed E-state index contributed by atoms with van der Waals surface area (Å²) in [6.07, 6.45) is 0.697. The highest BCUT2D eigenvalue weighted by atomic mass is 16.2. The number of benzene rings is 3. The Morgan fingerprint density at radius 2 is 1.50 bits per heavy atom. The van der Waals surface area contributed by atoms with Gasteiger partial charge in [-0.05, 0) is 23.6 Å². The van der Waals surface area contributed by atoms with Crippen LogP contribution >= 0.6 is 0 Å². The van der Waals surface area contributed by atoms with Gasteiger partial charge in [0.2, 0.25) is 11.7 Å². The van der Waals surface area contributed by atoms with E-state index in [9.17, 15) is 14.4 Å². The number of carbonyl (C=O) groups excluding carboxylic acids is 3. The Morgan fingerprint density at radius 3 is 2.19 bits per heavy atom. The lowest BCUT2D eigenvalue weighted by Crippen LogP contribution is -2.60. The molecule has 0 bridgehead atoms. The molecule has 1 atom stereocenters. The van der Waals surface area contributed by atoms with Crippen molar-refractivity contribution in [1.29, 1.82) is 0 Å². The number of amides is 2.